The highest BCUT2D eigenvalue weighted by Crippen LogP contribution is 2.62. The number of ether oxygens (including phenoxy) is 3. The lowest BCUT2D eigenvalue weighted by atomic mass is 9.55. The highest BCUT2D eigenvalue weighted by molar-refractivity contribution is 7.99. The molecule has 1 fully saturated rings. The normalized spacial score (nSPS) is 22.6. The van der Waals surface area contributed by atoms with Crippen molar-refractivity contribution in [3.8, 4) is 11.5 Å². The second kappa shape index (κ2) is 26.9. The van der Waals surface area contributed by atoms with E-state index >= 15 is 0 Å². The van der Waals surface area contributed by atoms with Crippen LogP contribution in [-0.2, 0) is 21.0 Å². The van der Waals surface area contributed by atoms with Crippen molar-refractivity contribution in [2.75, 3.05) is 39.2 Å². The Morgan fingerprint density at radius 1 is 0.892 bits per heavy atom. The summed E-state index contributed by atoms with van der Waals surface area (Å²) >= 11 is 1.77. The van der Waals surface area contributed by atoms with Gasteiger partial charge in [-0.05, 0) is 85.4 Å². The number of hydrogen-bond acceptors (Lipinski definition) is 9. The van der Waals surface area contributed by atoms with Gasteiger partial charge in [-0.3, -0.25) is 4.79 Å². The SMILES string of the molecule is C=CCOC12Oc3ccc(OCCSc4ccccc4)cc3C3C(CCCCO)C(CCCCO)C=C(C(=NOCc4ccccc4)CC1N(C)C(=O)CCCCCCCCCCC)C32. The van der Waals surface area contributed by atoms with E-state index < -0.39 is 11.8 Å². The average Bonchev–Trinajstić information content (AvgIpc) is 3.33. The Hall–Kier alpha value is -4.09. The van der Waals surface area contributed by atoms with Crippen molar-refractivity contribution in [3.63, 3.8) is 0 Å². The lowest BCUT2D eigenvalue weighted by Crippen LogP contribution is -2.69. The molecule has 3 aromatic carbocycles. The van der Waals surface area contributed by atoms with Crippen LogP contribution < -0.4 is 9.47 Å². The molecule has 1 amide bonds. The number of carbonyl (C=O) groups excluding carboxylic acids is 1. The third kappa shape index (κ3) is 13.7. The largest absolute Gasteiger partial charge is 0.493 e. The van der Waals surface area contributed by atoms with E-state index in [1.807, 2.05) is 60.5 Å². The summed E-state index contributed by atoms with van der Waals surface area (Å²) in [5, 5.41) is 24.9. The minimum absolute atomic E-state index is 0.0664. The van der Waals surface area contributed by atoms with Gasteiger partial charge in [-0.15, -0.1) is 18.3 Å². The van der Waals surface area contributed by atoms with Crippen LogP contribution in [0.1, 0.15) is 133 Å². The van der Waals surface area contributed by atoms with E-state index in [0.29, 0.717) is 32.5 Å². The molecule has 9 nitrogen and oxygen atoms in total. The smallest absolute Gasteiger partial charge is 0.239 e. The number of aliphatic hydroxyl groups is 2. The molecule has 10 heteroatoms. The first-order chi connectivity index (χ1) is 31.9. The van der Waals surface area contributed by atoms with Crippen molar-refractivity contribution in [1.82, 2.24) is 4.90 Å². The summed E-state index contributed by atoms with van der Waals surface area (Å²) in [4.78, 5) is 23.8. The molecule has 2 N–H and O–H groups in total. The summed E-state index contributed by atoms with van der Waals surface area (Å²) in [6.45, 7) is 7.68. The summed E-state index contributed by atoms with van der Waals surface area (Å²) in [7, 11) is 1.91. The van der Waals surface area contributed by atoms with Crippen molar-refractivity contribution >= 4 is 23.4 Å². The van der Waals surface area contributed by atoms with Crippen LogP contribution in [0.25, 0.3) is 0 Å². The zero-order chi connectivity index (χ0) is 45.7. The van der Waals surface area contributed by atoms with E-state index in [-0.39, 0.29) is 49.4 Å². The summed E-state index contributed by atoms with van der Waals surface area (Å²) in [5.74, 6) is 0.941. The molecule has 6 atom stereocenters. The first-order valence-electron chi connectivity index (χ1n) is 24.7. The van der Waals surface area contributed by atoms with Gasteiger partial charge in [0.25, 0.3) is 0 Å². The fraction of sp³-hybridized carbons (Fsp3) is 0.564. The molecule has 0 aromatic heterocycles. The lowest BCUT2D eigenvalue weighted by molar-refractivity contribution is -0.255. The van der Waals surface area contributed by atoms with E-state index in [2.05, 4.69) is 49.9 Å². The number of carbonyl (C=O) groups is 1. The third-order valence-electron chi connectivity index (χ3n) is 13.6. The third-order valence-corrected chi connectivity index (χ3v) is 14.6. The van der Waals surface area contributed by atoms with Gasteiger partial charge in [0, 0.05) is 55.2 Å². The van der Waals surface area contributed by atoms with Gasteiger partial charge in [0.05, 0.1) is 24.8 Å². The molecule has 6 unspecified atom stereocenters. The highest BCUT2D eigenvalue weighted by atomic mass is 32.2. The fourth-order valence-corrected chi connectivity index (χ4v) is 11.1. The summed E-state index contributed by atoms with van der Waals surface area (Å²) in [5.41, 5.74) is 3.92. The van der Waals surface area contributed by atoms with Crippen LogP contribution in [0.5, 0.6) is 11.5 Å². The fourth-order valence-electron chi connectivity index (χ4n) is 10.3. The van der Waals surface area contributed by atoms with E-state index in [0.717, 1.165) is 91.0 Å². The molecule has 3 aromatic rings. The molecule has 2 aliphatic carbocycles. The molecular formula is C55H76N2O7S. The summed E-state index contributed by atoms with van der Waals surface area (Å²) in [6.07, 6.45) is 20.5. The van der Waals surface area contributed by atoms with Gasteiger partial charge in [0.2, 0.25) is 11.7 Å². The van der Waals surface area contributed by atoms with Crippen LogP contribution in [0.15, 0.2) is 113 Å². The molecule has 354 valence electrons. The molecule has 1 heterocycles. The van der Waals surface area contributed by atoms with Crippen LogP contribution in [0.4, 0.5) is 0 Å². The van der Waals surface area contributed by atoms with Gasteiger partial charge < -0.3 is 34.2 Å². The Labute approximate surface area is 394 Å². The number of nitrogens with zero attached hydrogens (tertiary/aromatic N) is 2. The number of likely N-dealkylation sites (N-methyl/N-ethyl adjacent to an activating group) is 1. The molecule has 6 rings (SSSR count). The molecule has 0 saturated heterocycles. The van der Waals surface area contributed by atoms with Crippen molar-refractivity contribution in [1.29, 1.82) is 0 Å². The van der Waals surface area contributed by atoms with E-state index in [1.54, 1.807) is 17.8 Å². The van der Waals surface area contributed by atoms with Crippen molar-refractivity contribution in [2.24, 2.45) is 22.9 Å². The predicted octanol–water partition coefficient (Wildman–Crippen LogP) is 12.1. The quantitative estimate of drug-likeness (QED) is 0.0295. The molecule has 0 bridgehead atoms. The Bertz CT molecular complexity index is 1940. The zero-order valence-electron chi connectivity index (χ0n) is 39.3. The summed E-state index contributed by atoms with van der Waals surface area (Å²) < 4.78 is 21.0. The van der Waals surface area contributed by atoms with Gasteiger partial charge in [0.15, 0.2) is 0 Å². The molecule has 1 aliphatic heterocycles. The Morgan fingerprint density at radius 3 is 2.29 bits per heavy atom. The molecule has 0 radical (unpaired) electrons. The van der Waals surface area contributed by atoms with E-state index in [9.17, 15) is 15.0 Å². The topological polar surface area (TPSA) is 110 Å². The van der Waals surface area contributed by atoms with Crippen molar-refractivity contribution in [2.45, 2.75) is 145 Å². The predicted molar refractivity (Wildman–Crippen MR) is 263 cm³/mol. The minimum Gasteiger partial charge on any atom is -0.493 e. The van der Waals surface area contributed by atoms with Gasteiger partial charge in [0.1, 0.15) is 24.1 Å². The number of fused-ring (bicyclic) bond motifs is 2. The first kappa shape index (κ1) is 50.3. The molecule has 3 aliphatic rings. The molecule has 1 saturated carbocycles. The number of hydrogen-bond donors (Lipinski definition) is 2. The van der Waals surface area contributed by atoms with E-state index in [4.69, 9.17) is 24.2 Å². The highest BCUT2D eigenvalue weighted by Gasteiger charge is 2.65. The van der Waals surface area contributed by atoms with Crippen LogP contribution >= 0.6 is 11.8 Å². The summed E-state index contributed by atoms with van der Waals surface area (Å²) in [6, 6.07) is 26.1. The monoisotopic (exact) mass is 909 g/mol. The van der Waals surface area contributed by atoms with Crippen LogP contribution in [0.2, 0.25) is 0 Å². The number of oxime groups is 1. The van der Waals surface area contributed by atoms with Gasteiger partial charge in [-0.1, -0.05) is 137 Å². The average molecular weight is 909 g/mol. The number of allylic oxidation sites excluding steroid dienone is 1. The maximum Gasteiger partial charge on any atom is 0.239 e. The number of unbranched alkanes of at least 4 members (excludes halogenated alkanes) is 10. The van der Waals surface area contributed by atoms with Crippen molar-refractivity contribution < 1.29 is 34.1 Å². The standard InChI is InChI=1S/C55H76N2O7S/c1-4-6-7-8-9-10-11-12-19-30-52(60)57(3)51-40-49(56-63-41-42-24-15-13-16-25-42)47-38-43(26-20-22-33-58)46(29-21-23-34-59)53-48-39-44(61-36-37-65-45-27-17-14-18-28-45)31-32-50(48)64-55(51,54(47)53)62-35-5-2/h5,13-18,24-25,27-28,31-32,38-39,43,46,51,53-54,58-59H,2,4,6-12,19-23,26,29-30,33-37,40-41H2,1,3H3. The van der Waals surface area contributed by atoms with Crippen LogP contribution in [0, 0.1) is 17.8 Å². The van der Waals surface area contributed by atoms with Crippen LogP contribution in [0.3, 0.4) is 0 Å². The maximum absolute atomic E-state index is 14.5. The number of aliphatic hydroxyl groups excluding tert-OH is 2. The van der Waals surface area contributed by atoms with Crippen molar-refractivity contribution in [3.05, 3.63) is 114 Å². The number of amides is 1. The van der Waals surface area contributed by atoms with Gasteiger partial charge in [-0.2, -0.15) is 0 Å². The number of thioether (sulfide) groups is 1. The number of benzene rings is 3. The molecule has 65 heavy (non-hydrogen) atoms. The second-order valence-electron chi connectivity index (χ2n) is 18.1. The second-order valence-corrected chi connectivity index (χ2v) is 19.3. The minimum atomic E-state index is -1.26. The van der Waals surface area contributed by atoms with E-state index in [1.165, 1.54) is 43.4 Å². The lowest BCUT2D eigenvalue weighted by Gasteiger charge is -2.59. The Balaban J connectivity index is 1.39. The van der Waals surface area contributed by atoms with Crippen LogP contribution in [-0.4, -0.2) is 77.8 Å². The Kier molecular flexibility index (Phi) is 20.8. The maximum atomic E-state index is 14.5. The van der Waals surface area contributed by atoms with Gasteiger partial charge in [-0.25, -0.2) is 0 Å². The first-order valence-corrected chi connectivity index (χ1v) is 25.7. The number of rotatable bonds is 30. The molecule has 0 spiro atoms. The Morgan fingerprint density at radius 2 is 1.58 bits per heavy atom. The zero-order valence-corrected chi connectivity index (χ0v) is 40.1. The molecular weight excluding hydrogens is 833 g/mol. The van der Waals surface area contributed by atoms with Gasteiger partial charge >= 0.3 is 0 Å².